The molecular formula is C23H34FN3O5S. The van der Waals surface area contributed by atoms with Crippen molar-refractivity contribution in [3.05, 3.63) is 35.6 Å². The number of benzene rings is 1. The van der Waals surface area contributed by atoms with E-state index in [0.29, 0.717) is 5.92 Å². The van der Waals surface area contributed by atoms with E-state index in [1.54, 1.807) is 12.1 Å². The third-order valence-corrected chi connectivity index (χ3v) is 9.14. The van der Waals surface area contributed by atoms with Crippen molar-refractivity contribution in [2.45, 2.75) is 75.1 Å². The summed E-state index contributed by atoms with van der Waals surface area (Å²) in [5.41, 5.74) is 1.01. The molecular weight excluding hydrogens is 449 g/mol. The molecule has 8 nitrogen and oxygen atoms in total. The Hall–Kier alpha value is -1.75. The van der Waals surface area contributed by atoms with Gasteiger partial charge in [0.1, 0.15) is 5.82 Å². The highest BCUT2D eigenvalue weighted by Crippen LogP contribution is 2.42. The maximum atomic E-state index is 13.6. The minimum absolute atomic E-state index is 0.0167. The fourth-order valence-electron chi connectivity index (χ4n) is 5.91. The fourth-order valence-corrected chi connectivity index (χ4v) is 6.79. The second-order valence-corrected chi connectivity index (χ2v) is 11.6. The zero-order chi connectivity index (χ0) is 23.8. The van der Waals surface area contributed by atoms with Gasteiger partial charge in [-0.05, 0) is 68.1 Å². The molecule has 2 N–H and O–H groups in total. The number of hydrogen-bond acceptors (Lipinski definition) is 4. The molecule has 1 aromatic carbocycles. The Morgan fingerprint density at radius 3 is 2.58 bits per heavy atom. The molecule has 1 aromatic rings. The van der Waals surface area contributed by atoms with E-state index in [9.17, 15) is 22.7 Å². The molecule has 4 rings (SSSR count). The lowest BCUT2D eigenvalue weighted by Crippen LogP contribution is -2.53. The van der Waals surface area contributed by atoms with Crippen LogP contribution in [0.25, 0.3) is 0 Å². The zero-order valence-corrected chi connectivity index (χ0v) is 20.0. The minimum Gasteiger partial charge on any atom is -0.465 e. The Bertz CT molecular complexity index is 951. The van der Waals surface area contributed by atoms with Crippen LogP contribution in [0.3, 0.4) is 0 Å². The van der Waals surface area contributed by atoms with Gasteiger partial charge in [-0.2, -0.15) is 17.4 Å². The molecule has 1 heterocycles. The van der Waals surface area contributed by atoms with Crippen molar-refractivity contribution < 1.29 is 27.4 Å². The molecule has 0 aromatic heterocycles. The first-order chi connectivity index (χ1) is 15.7. The summed E-state index contributed by atoms with van der Waals surface area (Å²) in [6, 6.07) is 5.48. The second-order valence-electron chi connectivity index (χ2n) is 9.71. The number of carboxylic acid groups (broad SMARTS) is 1. The Labute approximate surface area is 195 Å². The average Bonchev–Trinajstić information content (AvgIpc) is 3.34. The molecule has 3 fully saturated rings. The highest BCUT2D eigenvalue weighted by atomic mass is 32.2. The van der Waals surface area contributed by atoms with Crippen LogP contribution in [0.1, 0.15) is 56.4 Å². The molecule has 3 aliphatic rings. The van der Waals surface area contributed by atoms with E-state index in [2.05, 4.69) is 4.72 Å². The largest absolute Gasteiger partial charge is 0.465 e. The number of hydrogen-bond donors (Lipinski definition) is 2. The van der Waals surface area contributed by atoms with Crippen LogP contribution in [0.2, 0.25) is 0 Å². The summed E-state index contributed by atoms with van der Waals surface area (Å²) in [5.74, 6) is 0.0207. The quantitative estimate of drug-likeness (QED) is 0.621. The number of fused-ring (bicyclic) bond motifs is 1. The predicted octanol–water partition coefficient (Wildman–Crippen LogP) is 3.16. The first-order valence-electron chi connectivity index (χ1n) is 11.8. The number of amides is 1. The third kappa shape index (κ3) is 5.18. The number of likely N-dealkylation sites (tertiary alicyclic amines) is 1. The molecule has 1 saturated heterocycles. The zero-order valence-electron chi connectivity index (χ0n) is 19.2. The van der Waals surface area contributed by atoms with Crippen LogP contribution in [-0.2, 0) is 14.9 Å². The molecule has 1 aliphatic heterocycles. The molecule has 1 amide bonds. The molecule has 2 saturated carbocycles. The van der Waals surface area contributed by atoms with Crippen molar-refractivity contribution in [2.75, 3.05) is 20.7 Å². The van der Waals surface area contributed by atoms with Gasteiger partial charge in [-0.25, -0.2) is 9.18 Å². The first kappa shape index (κ1) is 24.4. The van der Waals surface area contributed by atoms with Crippen LogP contribution in [0.4, 0.5) is 9.18 Å². The summed E-state index contributed by atoms with van der Waals surface area (Å²) in [4.78, 5) is 13.6. The second kappa shape index (κ2) is 9.85. The lowest BCUT2D eigenvalue weighted by atomic mass is 9.82. The van der Waals surface area contributed by atoms with Gasteiger partial charge in [0.15, 0.2) is 0 Å². The van der Waals surface area contributed by atoms with E-state index in [1.807, 2.05) is 6.07 Å². The SMILES string of the molecule is CN(C)S(=O)(=O)N[C@H]1[C@H]2CCC[C@H]2N(C(=O)O)[C@H]1COC1CCC(c2cccc(F)c2)CC1. The monoisotopic (exact) mass is 483 g/mol. The standard InChI is InChI=1S/C23H34FN3O5S/c1-26(2)33(30,31)25-22-19-7-4-8-20(19)27(23(28)29)21(22)14-32-18-11-9-15(10-12-18)16-5-3-6-17(24)13-16/h3,5-6,13,15,18-22,25H,4,7-12,14H2,1-2H3,(H,28,29)/t15?,18?,19-,20+,21-,22-/m0/s1. The average molecular weight is 484 g/mol. The van der Waals surface area contributed by atoms with Crippen molar-refractivity contribution in [1.29, 1.82) is 0 Å². The van der Waals surface area contributed by atoms with Crippen LogP contribution in [0, 0.1) is 11.7 Å². The van der Waals surface area contributed by atoms with Crippen LogP contribution in [0.5, 0.6) is 0 Å². The van der Waals surface area contributed by atoms with Gasteiger partial charge in [-0.3, -0.25) is 4.90 Å². The molecule has 10 heteroatoms. The number of carbonyl (C=O) groups is 1. The van der Waals surface area contributed by atoms with E-state index in [-0.39, 0.29) is 30.5 Å². The van der Waals surface area contributed by atoms with Gasteiger partial charge in [0.05, 0.1) is 24.8 Å². The van der Waals surface area contributed by atoms with Gasteiger partial charge < -0.3 is 9.84 Å². The van der Waals surface area contributed by atoms with Crippen LogP contribution in [0.15, 0.2) is 24.3 Å². The highest BCUT2D eigenvalue weighted by Gasteiger charge is 2.54. The summed E-state index contributed by atoms with van der Waals surface area (Å²) in [5, 5.41) is 9.93. The minimum atomic E-state index is -3.71. The number of nitrogens with one attached hydrogen (secondary N) is 1. The normalized spacial score (nSPS) is 32.3. The van der Waals surface area contributed by atoms with Gasteiger partial charge >= 0.3 is 6.09 Å². The Balaban J connectivity index is 1.42. The van der Waals surface area contributed by atoms with Crippen molar-refractivity contribution in [3.63, 3.8) is 0 Å². The number of ether oxygens (including phenoxy) is 1. The third-order valence-electron chi connectivity index (χ3n) is 7.61. The van der Waals surface area contributed by atoms with E-state index in [4.69, 9.17) is 4.74 Å². The molecule has 0 unspecified atom stereocenters. The van der Waals surface area contributed by atoms with Gasteiger partial charge in [0.25, 0.3) is 10.2 Å². The van der Waals surface area contributed by atoms with Gasteiger partial charge in [-0.1, -0.05) is 18.6 Å². The summed E-state index contributed by atoms with van der Waals surface area (Å²) in [7, 11) is -0.791. The lowest BCUT2D eigenvalue weighted by Gasteiger charge is -2.33. The maximum Gasteiger partial charge on any atom is 0.407 e. The van der Waals surface area contributed by atoms with E-state index in [1.165, 1.54) is 25.1 Å². The van der Waals surface area contributed by atoms with Crippen LogP contribution in [-0.4, -0.2) is 73.8 Å². The Morgan fingerprint density at radius 2 is 1.94 bits per heavy atom. The molecule has 0 bridgehead atoms. The first-order valence-corrected chi connectivity index (χ1v) is 13.2. The van der Waals surface area contributed by atoms with Crippen molar-refractivity contribution in [3.8, 4) is 0 Å². The van der Waals surface area contributed by atoms with Crippen molar-refractivity contribution >= 4 is 16.3 Å². The highest BCUT2D eigenvalue weighted by molar-refractivity contribution is 7.87. The summed E-state index contributed by atoms with van der Waals surface area (Å²) in [6.45, 7) is 0.162. The van der Waals surface area contributed by atoms with Crippen LogP contribution >= 0.6 is 0 Å². The number of nitrogens with zero attached hydrogens (tertiary/aromatic N) is 2. The number of rotatable bonds is 7. The predicted molar refractivity (Wildman–Crippen MR) is 122 cm³/mol. The molecule has 184 valence electrons. The summed E-state index contributed by atoms with van der Waals surface area (Å²) >= 11 is 0. The number of halogens is 1. The summed E-state index contributed by atoms with van der Waals surface area (Å²) < 4.78 is 48.8. The summed E-state index contributed by atoms with van der Waals surface area (Å²) in [6.07, 6.45) is 4.75. The molecule has 4 atom stereocenters. The lowest BCUT2D eigenvalue weighted by molar-refractivity contribution is -0.00821. The smallest absolute Gasteiger partial charge is 0.407 e. The van der Waals surface area contributed by atoms with Crippen molar-refractivity contribution in [2.24, 2.45) is 5.92 Å². The van der Waals surface area contributed by atoms with Gasteiger partial charge in [0.2, 0.25) is 0 Å². The fraction of sp³-hybridized carbons (Fsp3) is 0.696. The van der Waals surface area contributed by atoms with Gasteiger partial charge in [-0.15, -0.1) is 0 Å². The van der Waals surface area contributed by atoms with E-state index < -0.39 is 28.4 Å². The van der Waals surface area contributed by atoms with Gasteiger partial charge in [0, 0.05) is 20.1 Å². The maximum absolute atomic E-state index is 13.6. The Kier molecular flexibility index (Phi) is 7.28. The molecule has 0 spiro atoms. The molecule has 2 aliphatic carbocycles. The Morgan fingerprint density at radius 1 is 1.21 bits per heavy atom. The molecule has 0 radical (unpaired) electrons. The van der Waals surface area contributed by atoms with E-state index in [0.717, 1.165) is 54.8 Å². The topological polar surface area (TPSA) is 99.2 Å². The van der Waals surface area contributed by atoms with E-state index >= 15 is 0 Å². The molecule has 33 heavy (non-hydrogen) atoms. The van der Waals surface area contributed by atoms with Crippen molar-refractivity contribution in [1.82, 2.24) is 13.9 Å². The van der Waals surface area contributed by atoms with Crippen LogP contribution < -0.4 is 4.72 Å².